The van der Waals surface area contributed by atoms with Crippen molar-refractivity contribution in [3.05, 3.63) is 29.8 Å². The van der Waals surface area contributed by atoms with Crippen molar-refractivity contribution < 1.29 is 30.0 Å². The van der Waals surface area contributed by atoms with Gasteiger partial charge in [-0.15, -0.1) is 0 Å². The monoisotopic (exact) mass is 284 g/mol. The van der Waals surface area contributed by atoms with E-state index >= 15 is 0 Å². The number of carbonyl (C=O) groups excluding carboxylic acids is 1. The zero-order chi connectivity index (χ0) is 15.3. The Morgan fingerprint density at radius 3 is 2.20 bits per heavy atom. The number of ether oxygens (including phenoxy) is 1. The quantitative estimate of drug-likeness (QED) is 0.514. The first-order valence-electron chi connectivity index (χ1n) is 6.22. The van der Waals surface area contributed by atoms with E-state index in [1.54, 1.807) is 0 Å². The summed E-state index contributed by atoms with van der Waals surface area (Å²) in [7, 11) is 0. The molecule has 1 aromatic carbocycles. The molecule has 2 atom stereocenters. The second kappa shape index (κ2) is 6.81. The van der Waals surface area contributed by atoms with Gasteiger partial charge in [-0.2, -0.15) is 0 Å². The van der Waals surface area contributed by atoms with Crippen LogP contribution in [0.2, 0.25) is 0 Å². The van der Waals surface area contributed by atoms with Crippen LogP contribution in [-0.2, 0) is 0 Å². The molecule has 0 spiro atoms. The Kier molecular flexibility index (Phi) is 5.64. The second-order valence-corrected chi connectivity index (χ2v) is 5.04. The molecule has 1 aromatic rings. The molecule has 0 saturated heterocycles. The highest BCUT2D eigenvalue weighted by Gasteiger charge is 2.25. The van der Waals surface area contributed by atoms with Crippen molar-refractivity contribution in [3.8, 4) is 5.75 Å². The fourth-order valence-corrected chi connectivity index (χ4v) is 1.47. The number of carbonyl (C=O) groups is 1. The molecule has 0 heterocycles. The summed E-state index contributed by atoms with van der Waals surface area (Å²) < 4.78 is 5.22. The summed E-state index contributed by atoms with van der Waals surface area (Å²) in [6.07, 6.45) is -2.45. The van der Waals surface area contributed by atoms with Crippen molar-refractivity contribution in [2.24, 2.45) is 0 Å². The van der Waals surface area contributed by atoms with Gasteiger partial charge in [0.05, 0.1) is 6.61 Å². The van der Waals surface area contributed by atoms with Gasteiger partial charge in [-0.3, -0.25) is 4.79 Å². The fraction of sp³-hybridized carbons (Fsp3) is 0.500. The minimum absolute atomic E-state index is 0.180. The second-order valence-electron chi connectivity index (χ2n) is 5.04. The van der Waals surface area contributed by atoms with Gasteiger partial charge in [0.25, 0.3) is 0 Å². The first kappa shape index (κ1) is 16.6. The molecule has 0 aliphatic heterocycles. The highest BCUT2D eigenvalue weighted by Crippen LogP contribution is 2.17. The van der Waals surface area contributed by atoms with Crippen LogP contribution in [-0.4, -0.2) is 57.2 Å². The van der Waals surface area contributed by atoms with Crippen LogP contribution in [0.1, 0.15) is 24.2 Å². The van der Waals surface area contributed by atoms with Crippen LogP contribution < -0.4 is 4.74 Å². The summed E-state index contributed by atoms with van der Waals surface area (Å²) in [4.78, 5) is 11.8. The van der Waals surface area contributed by atoms with E-state index in [4.69, 9.17) is 14.9 Å². The van der Waals surface area contributed by atoms with Gasteiger partial charge in [-0.05, 0) is 38.1 Å². The van der Waals surface area contributed by atoms with Gasteiger partial charge in [0, 0.05) is 5.56 Å². The van der Waals surface area contributed by atoms with E-state index in [-0.39, 0.29) is 6.61 Å². The third kappa shape index (κ3) is 4.57. The van der Waals surface area contributed by atoms with Crippen molar-refractivity contribution in [1.29, 1.82) is 0 Å². The number of aliphatic hydroxyl groups excluding tert-OH is 3. The fourth-order valence-electron chi connectivity index (χ4n) is 1.47. The third-order valence-electron chi connectivity index (χ3n) is 2.72. The van der Waals surface area contributed by atoms with E-state index in [0.29, 0.717) is 11.3 Å². The van der Waals surface area contributed by atoms with E-state index in [1.165, 1.54) is 38.1 Å². The predicted octanol–water partition coefficient (Wildman–Crippen LogP) is -0.267. The van der Waals surface area contributed by atoms with Crippen LogP contribution in [0.3, 0.4) is 0 Å². The van der Waals surface area contributed by atoms with Gasteiger partial charge in [0.1, 0.15) is 30.2 Å². The lowest BCUT2D eigenvalue weighted by Gasteiger charge is -2.17. The van der Waals surface area contributed by atoms with Gasteiger partial charge in [0.2, 0.25) is 0 Å². The van der Waals surface area contributed by atoms with Crippen molar-refractivity contribution in [2.45, 2.75) is 31.7 Å². The number of hydrogen-bond acceptors (Lipinski definition) is 6. The lowest BCUT2D eigenvalue weighted by Crippen LogP contribution is -2.34. The van der Waals surface area contributed by atoms with Crippen LogP contribution in [0.25, 0.3) is 0 Å². The first-order valence-corrected chi connectivity index (χ1v) is 6.22. The predicted molar refractivity (Wildman–Crippen MR) is 71.7 cm³/mol. The third-order valence-corrected chi connectivity index (χ3v) is 2.72. The Morgan fingerprint density at radius 2 is 1.75 bits per heavy atom. The summed E-state index contributed by atoms with van der Waals surface area (Å²) in [6.45, 7) is 2.09. The van der Waals surface area contributed by atoms with E-state index in [0.717, 1.165) is 0 Å². The summed E-state index contributed by atoms with van der Waals surface area (Å²) >= 11 is 0. The molecular formula is C14H20O6. The van der Waals surface area contributed by atoms with Gasteiger partial charge < -0.3 is 25.2 Å². The SMILES string of the molecule is CC(C)(O)C(=O)c1ccc(OCC(O)C(O)CO)cc1. The molecule has 4 N–H and O–H groups in total. The van der Waals surface area contributed by atoms with Crippen molar-refractivity contribution in [3.63, 3.8) is 0 Å². The molecule has 0 saturated carbocycles. The molecule has 0 aromatic heterocycles. The van der Waals surface area contributed by atoms with Crippen LogP contribution >= 0.6 is 0 Å². The molecule has 112 valence electrons. The molecule has 0 amide bonds. The molecule has 0 fully saturated rings. The molecule has 0 radical (unpaired) electrons. The van der Waals surface area contributed by atoms with Gasteiger partial charge in [-0.1, -0.05) is 0 Å². The summed E-state index contributed by atoms with van der Waals surface area (Å²) in [5.74, 6) is 0.00118. The minimum atomic E-state index is -1.44. The number of aliphatic hydroxyl groups is 4. The zero-order valence-electron chi connectivity index (χ0n) is 11.5. The minimum Gasteiger partial charge on any atom is -0.491 e. The summed E-state index contributed by atoms with van der Waals surface area (Å²) in [5.41, 5.74) is -1.09. The van der Waals surface area contributed by atoms with E-state index < -0.39 is 30.2 Å². The van der Waals surface area contributed by atoms with Crippen LogP contribution in [0.15, 0.2) is 24.3 Å². The number of ketones is 1. The van der Waals surface area contributed by atoms with Crippen LogP contribution in [0.4, 0.5) is 0 Å². The van der Waals surface area contributed by atoms with Crippen molar-refractivity contribution in [1.82, 2.24) is 0 Å². The average molecular weight is 284 g/mol. The van der Waals surface area contributed by atoms with Crippen molar-refractivity contribution in [2.75, 3.05) is 13.2 Å². The zero-order valence-corrected chi connectivity index (χ0v) is 11.5. The number of rotatable bonds is 7. The molecule has 20 heavy (non-hydrogen) atoms. The molecule has 1 rings (SSSR count). The highest BCUT2D eigenvalue weighted by molar-refractivity contribution is 6.01. The maximum absolute atomic E-state index is 11.8. The highest BCUT2D eigenvalue weighted by atomic mass is 16.5. The molecular weight excluding hydrogens is 264 g/mol. The lowest BCUT2D eigenvalue weighted by molar-refractivity contribution is -0.0339. The molecule has 0 aliphatic carbocycles. The Morgan fingerprint density at radius 1 is 1.20 bits per heavy atom. The smallest absolute Gasteiger partial charge is 0.193 e. The summed E-state index contributed by atoms with van der Waals surface area (Å²) in [5, 5.41) is 36.8. The molecule has 6 nitrogen and oxygen atoms in total. The molecule has 0 aliphatic rings. The average Bonchev–Trinajstić information content (AvgIpc) is 2.42. The normalized spacial score (nSPS) is 14.7. The van der Waals surface area contributed by atoms with Gasteiger partial charge >= 0.3 is 0 Å². The number of hydrogen-bond donors (Lipinski definition) is 4. The largest absolute Gasteiger partial charge is 0.491 e. The Labute approximate surface area is 117 Å². The summed E-state index contributed by atoms with van der Waals surface area (Å²) in [6, 6.07) is 6.06. The first-order chi connectivity index (χ1) is 9.25. The lowest BCUT2D eigenvalue weighted by atomic mass is 9.97. The molecule has 2 unspecified atom stereocenters. The Balaban J connectivity index is 2.62. The van der Waals surface area contributed by atoms with E-state index in [9.17, 15) is 15.0 Å². The Bertz CT molecular complexity index is 434. The number of Topliss-reactive ketones (excluding diaryl/α,β-unsaturated/α-hetero) is 1. The number of benzene rings is 1. The maximum atomic E-state index is 11.8. The molecule has 0 bridgehead atoms. The maximum Gasteiger partial charge on any atom is 0.193 e. The van der Waals surface area contributed by atoms with Crippen LogP contribution in [0.5, 0.6) is 5.75 Å². The Hall–Kier alpha value is -1.47. The van der Waals surface area contributed by atoms with E-state index in [2.05, 4.69) is 0 Å². The van der Waals surface area contributed by atoms with Crippen molar-refractivity contribution >= 4 is 5.78 Å². The standard InChI is InChI=1S/C14H20O6/c1-14(2,19)13(18)9-3-5-10(6-4-9)20-8-12(17)11(16)7-15/h3-6,11-12,15-17,19H,7-8H2,1-2H3. The van der Waals surface area contributed by atoms with E-state index in [1.807, 2.05) is 0 Å². The van der Waals surface area contributed by atoms with Gasteiger partial charge in [-0.25, -0.2) is 0 Å². The van der Waals surface area contributed by atoms with Gasteiger partial charge in [0.15, 0.2) is 5.78 Å². The van der Waals surface area contributed by atoms with Crippen LogP contribution in [0, 0.1) is 0 Å². The molecule has 6 heteroatoms. The topological polar surface area (TPSA) is 107 Å².